The molecule has 0 saturated carbocycles. The van der Waals surface area contributed by atoms with Gasteiger partial charge in [-0.2, -0.15) is 0 Å². The number of likely N-dealkylation sites (N-methyl/N-ethyl adjacent to an activating group) is 2. The third-order valence-corrected chi connectivity index (χ3v) is 4.87. The van der Waals surface area contributed by atoms with E-state index < -0.39 is 0 Å². The molecule has 1 atom stereocenters. The second-order valence-corrected chi connectivity index (χ2v) is 7.99. The normalized spacial score (nSPS) is 31.0. The first-order chi connectivity index (χ1) is 8.11. The molecular weight excluding hydrogens is 222 g/mol. The molecule has 0 unspecified atom stereocenters. The maximum Gasteiger partial charge on any atom is 0.0350 e. The molecule has 3 heteroatoms. The highest BCUT2D eigenvalue weighted by molar-refractivity contribution is 5.03. The molecule has 18 heavy (non-hydrogen) atoms. The maximum absolute atomic E-state index is 2.68. The lowest BCUT2D eigenvalue weighted by Gasteiger charge is -2.44. The highest BCUT2D eigenvalue weighted by Crippen LogP contribution is 2.37. The minimum atomic E-state index is 0.273. The van der Waals surface area contributed by atoms with Crippen LogP contribution in [0.5, 0.6) is 0 Å². The lowest BCUT2D eigenvalue weighted by molar-refractivity contribution is 0.0379. The van der Waals surface area contributed by atoms with Crippen LogP contribution in [0.25, 0.3) is 0 Å². The Bertz CT molecular complexity index is 299. The predicted octanol–water partition coefficient (Wildman–Crippen LogP) is 1.88. The third-order valence-electron chi connectivity index (χ3n) is 4.87. The molecule has 2 saturated heterocycles. The zero-order valence-electron chi connectivity index (χ0n) is 13.3. The van der Waals surface area contributed by atoms with E-state index in [0.29, 0.717) is 5.54 Å². The van der Waals surface area contributed by atoms with Crippen LogP contribution < -0.4 is 0 Å². The summed E-state index contributed by atoms with van der Waals surface area (Å²) in [7, 11) is 4.54. The number of hydrogen-bond donors (Lipinski definition) is 0. The minimum absolute atomic E-state index is 0.273. The molecule has 0 aromatic carbocycles. The number of likely N-dealkylation sites (tertiary alicyclic amines) is 2. The molecule has 0 aliphatic carbocycles. The Labute approximate surface area is 113 Å². The van der Waals surface area contributed by atoms with Crippen LogP contribution in [0.3, 0.4) is 0 Å². The number of hydrogen-bond acceptors (Lipinski definition) is 3. The van der Waals surface area contributed by atoms with Crippen LogP contribution in [-0.2, 0) is 0 Å². The standard InChI is InChI=1S/C15H31N3/c1-14(2,3)18-11-12(8-15(18,4)5)17(7)13-9-16(6)10-13/h12-13H,8-11H2,1-7H3/t12-/m0/s1. The highest BCUT2D eigenvalue weighted by Gasteiger charge is 2.46. The first-order valence-electron chi connectivity index (χ1n) is 7.29. The van der Waals surface area contributed by atoms with Gasteiger partial charge in [-0.1, -0.05) is 0 Å². The molecule has 106 valence electrons. The van der Waals surface area contributed by atoms with Gasteiger partial charge in [-0.3, -0.25) is 9.80 Å². The van der Waals surface area contributed by atoms with Crippen molar-refractivity contribution in [3.05, 3.63) is 0 Å². The van der Waals surface area contributed by atoms with E-state index >= 15 is 0 Å². The Morgan fingerprint density at radius 3 is 2.00 bits per heavy atom. The average Bonchev–Trinajstić information content (AvgIpc) is 2.48. The second-order valence-electron chi connectivity index (χ2n) is 7.99. The lowest BCUT2D eigenvalue weighted by Crippen LogP contribution is -2.59. The van der Waals surface area contributed by atoms with E-state index in [9.17, 15) is 0 Å². The molecule has 2 aliphatic rings. The van der Waals surface area contributed by atoms with Crippen molar-refractivity contribution >= 4 is 0 Å². The van der Waals surface area contributed by atoms with Crippen LogP contribution in [0.1, 0.15) is 41.0 Å². The van der Waals surface area contributed by atoms with E-state index in [-0.39, 0.29) is 5.54 Å². The summed E-state index contributed by atoms with van der Waals surface area (Å²) in [5, 5.41) is 0. The first kappa shape index (κ1) is 14.3. The fourth-order valence-corrected chi connectivity index (χ4v) is 3.89. The van der Waals surface area contributed by atoms with Crippen molar-refractivity contribution in [1.82, 2.24) is 14.7 Å². The Morgan fingerprint density at radius 1 is 1.06 bits per heavy atom. The largest absolute Gasteiger partial charge is 0.303 e. The van der Waals surface area contributed by atoms with Gasteiger partial charge in [0.15, 0.2) is 0 Å². The van der Waals surface area contributed by atoms with Crippen molar-refractivity contribution in [3.63, 3.8) is 0 Å². The molecular formula is C15H31N3. The van der Waals surface area contributed by atoms with E-state index in [1.807, 2.05) is 0 Å². The summed E-state index contributed by atoms with van der Waals surface area (Å²) >= 11 is 0. The van der Waals surface area contributed by atoms with Crippen LogP contribution in [0.4, 0.5) is 0 Å². The third kappa shape index (κ3) is 2.59. The molecule has 2 aliphatic heterocycles. The summed E-state index contributed by atoms with van der Waals surface area (Å²) in [4.78, 5) is 7.72. The molecule has 2 heterocycles. The van der Waals surface area contributed by atoms with Gasteiger partial charge in [0.25, 0.3) is 0 Å². The minimum Gasteiger partial charge on any atom is -0.303 e. The van der Waals surface area contributed by atoms with Crippen molar-refractivity contribution in [3.8, 4) is 0 Å². The molecule has 0 N–H and O–H groups in total. The number of nitrogens with zero attached hydrogens (tertiary/aromatic N) is 3. The molecule has 0 spiro atoms. The summed E-state index contributed by atoms with van der Waals surface area (Å²) < 4.78 is 0. The van der Waals surface area contributed by atoms with Crippen LogP contribution >= 0.6 is 0 Å². The van der Waals surface area contributed by atoms with E-state index in [0.717, 1.165) is 12.1 Å². The van der Waals surface area contributed by atoms with Gasteiger partial charge in [-0.15, -0.1) is 0 Å². The van der Waals surface area contributed by atoms with Crippen LogP contribution in [0, 0.1) is 0 Å². The second kappa shape index (κ2) is 4.46. The van der Waals surface area contributed by atoms with E-state index in [2.05, 4.69) is 63.4 Å². The first-order valence-corrected chi connectivity index (χ1v) is 7.29. The molecule has 2 fully saturated rings. The zero-order chi connectivity index (χ0) is 13.7. The Morgan fingerprint density at radius 2 is 1.61 bits per heavy atom. The molecule has 0 aromatic rings. The molecule has 0 radical (unpaired) electrons. The van der Waals surface area contributed by atoms with Crippen molar-refractivity contribution < 1.29 is 0 Å². The van der Waals surface area contributed by atoms with E-state index in [4.69, 9.17) is 0 Å². The summed E-state index contributed by atoms with van der Waals surface area (Å²) in [5.41, 5.74) is 0.600. The molecule has 2 rings (SSSR count). The SMILES string of the molecule is CN1CC(N(C)[C@@H]2CN(C(C)(C)C)C(C)(C)C2)C1. The van der Waals surface area contributed by atoms with E-state index in [1.54, 1.807) is 0 Å². The van der Waals surface area contributed by atoms with Gasteiger partial charge in [-0.25, -0.2) is 0 Å². The van der Waals surface area contributed by atoms with Crippen molar-refractivity contribution in [2.24, 2.45) is 0 Å². The van der Waals surface area contributed by atoms with Crippen molar-refractivity contribution in [2.75, 3.05) is 33.7 Å². The maximum atomic E-state index is 2.68. The Kier molecular flexibility index (Phi) is 3.54. The van der Waals surface area contributed by atoms with E-state index in [1.165, 1.54) is 26.1 Å². The Hall–Kier alpha value is -0.120. The quantitative estimate of drug-likeness (QED) is 0.744. The zero-order valence-corrected chi connectivity index (χ0v) is 13.3. The van der Waals surface area contributed by atoms with Gasteiger partial charge in [0, 0.05) is 42.8 Å². The fourth-order valence-electron chi connectivity index (χ4n) is 3.89. The lowest BCUT2D eigenvalue weighted by atomic mass is 9.95. The summed E-state index contributed by atoms with van der Waals surface area (Å²) in [6.45, 7) is 15.5. The Balaban J connectivity index is 2.01. The molecule has 0 amide bonds. The molecule has 3 nitrogen and oxygen atoms in total. The van der Waals surface area contributed by atoms with Gasteiger partial charge in [-0.05, 0) is 55.1 Å². The highest BCUT2D eigenvalue weighted by atomic mass is 15.4. The van der Waals surface area contributed by atoms with Crippen LogP contribution in [0.2, 0.25) is 0 Å². The molecule has 0 aromatic heterocycles. The summed E-state index contributed by atoms with van der Waals surface area (Å²) in [5.74, 6) is 0. The monoisotopic (exact) mass is 253 g/mol. The van der Waals surface area contributed by atoms with Gasteiger partial charge in [0.05, 0.1) is 0 Å². The van der Waals surface area contributed by atoms with Crippen molar-refractivity contribution in [1.29, 1.82) is 0 Å². The number of rotatable bonds is 2. The topological polar surface area (TPSA) is 9.72 Å². The van der Waals surface area contributed by atoms with Crippen LogP contribution in [0.15, 0.2) is 0 Å². The summed E-state index contributed by atoms with van der Waals surface area (Å²) in [6, 6.07) is 1.49. The van der Waals surface area contributed by atoms with Gasteiger partial charge in [0.2, 0.25) is 0 Å². The van der Waals surface area contributed by atoms with Crippen molar-refractivity contribution in [2.45, 2.75) is 64.2 Å². The van der Waals surface area contributed by atoms with Crippen LogP contribution in [-0.4, -0.2) is 71.6 Å². The fraction of sp³-hybridized carbons (Fsp3) is 1.00. The molecule has 0 bridgehead atoms. The van der Waals surface area contributed by atoms with Gasteiger partial charge >= 0.3 is 0 Å². The summed E-state index contributed by atoms with van der Waals surface area (Å²) in [6.07, 6.45) is 1.29. The van der Waals surface area contributed by atoms with Gasteiger partial charge in [0.1, 0.15) is 0 Å². The van der Waals surface area contributed by atoms with Gasteiger partial charge < -0.3 is 4.90 Å². The smallest absolute Gasteiger partial charge is 0.0350 e. The predicted molar refractivity (Wildman–Crippen MR) is 78.0 cm³/mol. The average molecular weight is 253 g/mol.